The smallest absolute Gasteiger partial charge is 0.336 e. The zero-order valence-corrected chi connectivity index (χ0v) is 11.5. The summed E-state index contributed by atoms with van der Waals surface area (Å²) in [5.74, 6) is -0.267. The number of aromatic nitrogens is 3. The Kier molecular flexibility index (Phi) is 3.59. The van der Waals surface area contributed by atoms with Gasteiger partial charge in [0.15, 0.2) is 0 Å². The van der Waals surface area contributed by atoms with Crippen molar-refractivity contribution in [1.82, 2.24) is 19.9 Å². The van der Waals surface area contributed by atoms with E-state index in [1.165, 1.54) is 12.1 Å². The van der Waals surface area contributed by atoms with E-state index >= 15 is 0 Å². The van der Waals surface area contributed by atoms with Crippen LogP contribution in [-0.2, 0) is 6.18 Å². The van der Waals surface area contributed by atoms with E-state index in [1.807, 2.05) is 0 Å². The van der Waals surface area contributed by atoms with Gasteiger partial charge in [0.05, 0.1) is 17.8 Å². The predicted molar refractivity (Wildman–Crippen MR) is 71.0 cm³/mol. The zero-order chi connectivity index (χ0) is 15.7. The van der Waals surface area contributed by atoms with Gasteiger partial charge in [0.2, 0.25) is 0 Å². The fourth-order valence-corrected chi connectivity index (χ4v) is 2.54. The van der Waals surface area contributed by atoms with Gasteiger partial charge in [-0.25, -0.2) is 4.68 Å². The first-order valence-corrected chi connectivity index (χ1v) is 6.77. The standard InChI is InChI=1S/C14H13F3N4O/c15-14(16,17)11-3-1-10(2-4-11)13(22)20-7-5-12(9-20)21-8-6-18-19-21/h1-4,6,8,12H,5,7,9H2/t12-/m1/s1. The van der Waals surface area contributed by atoms with Crippen molar-refractivity contribution in [1.29, 1.82) is 0 Å². The lowest BCUT2D eigenvalue weighted by Gasteiger charge is -2.17. The molecule has 22 heavy (non-hydrogen) atoms. The number of benzene rings is 1. The molecule has 0 unspecified atom stereocenters. The molecule has 1 atom stereocenters. The minimum Gasteiger partial charge on any atom is -0.336 e. The third-order valence-electron chi connectivity index (χ3n) is 3.72. The van der Waals surface area contributed by atoms with Gasteiger partial charge in [-0.05, 0) is 30.7 Å². The number of carbonyl (C=O) groups is 1. The molecule has 1 aromatic heterocycles. The molecule has 0 radical (unpaired) electrons. The molecule has 0 saturated carbocycles. The molecule has 2 heterocycles. The Labute approximate surface area is 124 Å². The molecule has 5 nitrogen and oxygen atoms in total. The number of alkyl halides is 3. The van der Waals surface area contributed by atoms with Gasteiger partial charge >= 0.3 is 6.18 Å². The SMILES string of the molecule is O=C(c1ccc(C(F)(F)F)cc1)N1CC[C@@H](n2ccnn2)C1. The largest absolute Gasteiger partial charge is 0.416 e. The van der Waals surface area contributed by atoms with Crippen LogP contribution >= 0.6 is 0 Å². The highest BCUT2D eigenvalue weighted by Crippen LogP contribution is 2.29. The molecule has 0 N–H and O–H groups in total. The molecule has 0 aliphatic carbocycles. The Bertz CT molecular complexity index is 652. The Morgan fingerprint density at radius 1 is 1.23 bits per heavy atom. The van der Waals surface area contributed by atoms with Gasteiger partial charge in [0.25, 0.3) is 5.91 Å². The molecule has 1 aromatic carbocycles. The number of hydrogen-bond donors (Lipinski definition) is 0. The number of halogens is 3. The number of carbonyl (C=O) groups excluding carboxylic acids is 1. The van der Waals surface area contributed by atoms with E-state index in [2.05, 4.69) is 10.3 Å². The molecule has 1 amide bonds. The first-order valence-electron chi connectivity index (χ1n) is 6.77. The van der Waals surface area contributed by atoms with Crippen LogP contribution in [0.5, 0.6) is 0 Å². The van der Waals surface area contributed by atoms with Crippen molar-refractivity contribution in [3.05, 3.63) is 47.8 Å². The summed E-state index contributed by atoms with van der Waals surface area (Å²) in [4.78, 5) is 13.9. The molecule has 3 rings (SSSR count). The summed E-state index contributed by atoms with van der Waals surface area (Å²) in [5.41, 5.74) is -0.502. The fourth-order valence-electron chi connectivity index (χ4n) is 2.54. The molecule has 0 bridgehead atoms. The van der Waals surface area contributed by atoms with Crippen LogP contribution in [0, 0.1) is 0 Å². The maximum absolute atomic E-state index is 12.5. The number of hydrogen-bond acceptors (Lipinski definition) is 3. The normalized spacial score (nSPS) is 18.7. The van der Waals surface area contributed by atoms with E-state index in [0.717, 1.165) is 18.6 Å². The molecule has 0 spiro atoms. The van der Waals surface area contributed by atoms with E-state index in [-0.39, 0.29) is 17.5 Å². The van der Waals surface area contributed by atoms with Crippen molar-refractivity contribution in [2.24, 2.45) is 0 Å². The molecular formula is C14H13F3N4O. The van der Waals surface area contributed by atoms with Gasteiger partial charge in [-0.3, -0.25) is 4.79 Å². The Balaban J connectivity index is 1.70. The van der Waals surface area contributed by atoms with Gasteiger partial charge in [0, 0.05) is 24.8 Å². The van der Waals surface area contributed by atoms with Gasteiger partial charge in [-0.15, -0.1) is 5.10 Å². The second kappa shape index (κ2) is 5.43. The van der Waals surface area contributed by atoms with Crippen LogP contribution in [0.25, 0.3) is 0 Å². The second-order valence-corrected chi connectivity index (χ2v) is 5.15. The van der Waals surface area contributed by atoms with Crippen molar-refractivity contribution in [3.8, 4) is 0 Å². The average Bonchev–Trinajstić information content (AvgIpc) is 3.16. The fraction of sp³-hybridized carbons (Fsp3) is 0.357. The summed E-state index contributed by atoms with van der Waals surface area (Å²) in [7, 11) is 0. The van der Waals surface area contributed by atoms with Crippen LogP contribution in [0.3, 0.4) is 0 Å². The maximum atomic E-state index is 12.5. The zero-order valence-electron chi connectivity index (χ0n) is 11.5. The molecule has 8 heteroatoms. The first kappa shape index (κ1) is 14.6. The van der Waals surface area contributed by atoms with Crippen molar-refractivity contribution in [2.75, 3.05) is 13.1 Å². The lowest BCUT2D eigenvalue weighted by molar-refractivity contribution is -0.137. The van der Waals surface area contributed by atoms with E-state index in [9.17, 15) is 18.0 Å². The van der Waals surface area contributed by atoms with Crippen LogP contribution in [0.15, 0.2) is 36.7 Å². The molecule has 2 aromatic rings. The van der Waals surface area contributed by atoms with Crippen LogP contribution in [0.1, 0.15) is 28.4 Å². The van der Waals surface area contributed by atoms with Crippen LogP contribution in [0.2, 0.25) is 0 Å². The lowest BCUT2D eigenvalue weighted by Crippen LogP contribution is -2.29. The highest BCUT2D eigenvalue weighted by atomic mass is 19.4. The lowest BCUT2D eigenvalue weighted by atomic mass is 10.1. The van der Waals surface area contributed by atoms with Gasteiger partial charge in [0.1, 0.15) is 0 Å². The minimum absolute atomic E-state index is 0.0564. The van der Waals surface area contributed by atoms with Crippen molar-refractivity contribution in [3.63, 3.8) is 0 Å². The quantitative estimate of drug-likeness (QED) is 0.856. The number of rotatable bonds is 2. The topological polar surface area (TPSA) is 51.0 Å². The van der Waals surface area contributed by atoms with E-state index in [4.69, 9.17) is 0 Å². The third-order valence-corrected chi connectivity index (χ3v) is 3.72. The summed E-state index contributed by atoms with van der Waals surface area (Å²) < 4.78 is 39.3. The first-order chi connectivity index (χ1) is 10.4. The summed E-state index contributed by atoms with van der Waals surface area (Å²) >= 11 is 0. The van der Waals surface area contributed by atoms with Crippen molar-refractivity contribution < 1.29 is 18.0 Å². The number of amides is 1. The highest BCUT2D eigenvalue weighted by molar-refractivity contribution is 5.94. The summed E-state index contributed by atoms with van der Waals surface area (Å²) in [6, 6.07) is 4.35. The summed E-state index contributed by atoms with van der Waals surface area (Å²) in [6.07, 6.45) is -0.347. The molecule has 1 aliphatic rings. The molecular weight excluding hydrogens is 297 g/mol. The number of likely N-dealkylation sites (tertiary alicyclic amines) is 1. The molecule has 1 aliphatic heterocycles. The highest BCUT2D eigenvalue weighted by Gasteiger charge is 2.31. The van der Waals surface area contributed by atoms with Crippen molar-refractivity contribution >= 4 is 5.91 Å². The van der Waals surface area contributed by atoms with E-state index in [0.29, 0.717) is 13.1 Å². The molecule has 1 fully saturated rings. The third kappa shape index (κ3) is 2.81. The minimum atomic E-state index is -4.40. The van der Waals surface area contributed by atoms with Crippen molar-refractivity contribution in [2.45, 2.75) is 18.6 Å². The Hall–Kier alpha value is -2.38. The van der Waals surface area contributed by atoms with Crippen LogP contribution in [-0.4, -0.2) is 38.9 Å². The Morgan fingerprint density at radius 2 is 1.95 bits per heavy atom. The monoisotopic (exact) mass is 310 g/mol. The van der Waals surface area contributed by atoms with E-state index < -0.39 is 11.7 Å². The van der Waals surface area contributed by atoms with Gasteiger partial charge in [-0.1, -0.05) is 5.21 Å². The summed E-state index contributed by atoms with van der Waals surface area (Å²) in [6.45, 7) is 1.02. The maximum Gasteiger partial charge on any atom is 0.416 e. The number of nitrogens with zero attached hydrogens (tertiary/aromatic N) is 4. The molecule has 116 valence electrons. The van der Waals surface area contributed by atoms with Crippen LogP contribution in [0.4, 0.5) is 13.2 Å². The second-order valence-electron chi connectivity index (χ2n) is 5.15. The van der Waals surface area contributed by atoms with E-state index in [1.54, 1.807) is 22.0 Å². The predicted octanol–water partition coefficient (Wildman–Crippen LogP) is 2.38. The Morgan fingerprint density at radius 3 is 2.55 bits per heavy atom. The van der Waals surface area contributed by atoms with Gasteiger partial charge < -0.3 is 4.90 Å². The van der Waals surface area contributed by atoms with Crippen LogP contribution < -0.4 is 0 Å². The average molecular weight is 310 g/mol. The molecule has 1 saturated heterocycles. The van der Waals surface area contributed by atoms with Gasteiger partial charge in [-0.2, -0.15) is 13.2 Å². The summed E-state index contributed by atoms with van der Waals surface area (Å²) in [5, 5.41) is 7.64.